The number of rotatable bonds is 3. The summed E-state index contributed by atoms with van der Waals surface area (Å²) in [5.74, 6) is 5.07. The molecule has 0 heterocycles. The van der Waals surface area contributed by atoms with Crippen molar-refractivity contribution in [1.82, 2.24) is 0 Å². The third-order valence-electron chi connectivity index (χ3n) is 2.22. The molecule has 14 heavy (non-hydrogen) atoms. The maximum atomic E-state index is 9.76. The molecule has 0 aromatic heterocycles. The first kappa shape index (κ1) is 11.3. The smallest absolute Gasteiger partial charge is 0.137 e. The summed E-state index contributed by atoms with van der Waals surface area (Å²) in [5.41, 5.74) is 2.67. The van der Waals surface area contributed by atoms with E-state index < -0.39 is 0 Å². The fourth-order valence-corrected chi connectivity index (χ4v) is 1.63. The highest BCUT2D eigenvalue weighted by Crippen LogP contribution is 2.33. The first-order chi connectivity index (χ1) is 6.57. The van der Waals surface area contributed by atoms with Gasteiger partial charge >= 0.3 is 0 Å². The van der Waals surface area contributed by atoms with Gasteiger partial charge in [0.1, 0.15) is 5.75 Å². The summed E-state index contributed by atoms with van der Waals surface area (Å²) in [6, 6.07) is 1.94. The molecule has 0 atom stereocenters. The highest BCUT2D eigenvalue weighted by atomic mass is 35.5. The topological polar surface area (TPSA) is 55.5 Å². The molecule has 0 radical (unpaired) electrons. The minimum atomic E-state index is 0.140. The molecule has 78 valence electrons. The van der Waals surface area contributed by atoms with Crippen LogP contribution in [0.1, 0.15) is 16.7 Å². The van der Waals surface area contributed by atoms with Crippen molar-refractivity contribution in [2.24, 2.45) is 5.90 Å². The van der Waals surface area contributed by atoms with Gasteiger partial charge in [-0.3, -0.25) is 0 Å². The second-order valence-corrected chi connectivity index (χ2v) is 3.65. The summed E-state index contributed by atoms with van der Waals surface area (Å²) >= 11 is 5.91. The molecule has 3 N–H and O–H groups in total. The molecule has 0 aliphatic rings. The van der Waals surface area contributed by atoms with E-state index in [0.29, 0.717) is 18.1 Å². The number of phenolic OH excluding ortho intramolecular Hbond substituents is 1. The average molecular weight is 216 g/mol. The minimum absolute atomic E-state index is 0.140. The Labute approximate surface area is 88.4 Å². The van der Waals surface area contributed by atoms with Crippen LogP contribution in [0.4, 0.5) is 0 Å². The number of halogens is 1. The van der Waals surface area contributed by atoms with E-state index in [0.717, 1.165) is 16.7 Å². The molecule has 1 aromatic carbocycles. The van der Waals surface area contributed by atoms with Gasteiger partial charge in [0, 0.05) is 12.0 Å². The second-order valence-electron chi connectivity index (χ2n) is 3.27. The van der Waals surface area contributed by atoms with E-state index in [-0.39, 0.29) is 5.75 Å². The van der Waals surface area contributed by atoms with Gasteiger partial charge in [0.15, 0.2) is 0 Å². The van der Waals surface area contributed by atoms with Crippen molar-refractivity contribution in [3.63, 3.8) is 0 Å². The Morgan fingerprint density at radius 3 is 2.64 bits per heavy atom. The molecule has 1 rings (SSSR count). The van der Waals surface area contributed by atoms with Crippen LogP contribution in [-0.2, 0) is 11.3 Å². The summed E-state index contributed by atoms with van der Waals surface area (Å²) in [4.78, 5) is 4.47. The Hall–Kier alpha value is -0.770. The Kier molecular flexibility index (Phi) is 3.75. The maximum Gasteiger partial charge on any atom is 0.137 e. The second kappa shape index (κ2) is 4.64. The minimum Gasteiger partial charge on any atom is -0.506 e. The lowest BCUT2D eigenvalue weighted by atomic mass is 10.0. The van der Waals surface area contributed by atoms with Crippen LogP contribution in [0.2, 0.25) is 5.02 Å². The van der Waals surface area contributed by atoms with Gasteiger partial charge in [-0.15, -0.1) is 0 Å². The third-order valence-corrected chi connectivity index (χ3v) is 2.70. The van der Waals surface area contributed by atoms with Gasteiger partial charge in [0.2, 0.25) is 0 Å². The Morgan fingerprint density at radius 2 is 2.07 bits per heavy atom. The van der Waals surface area contributed by atoms with Gasteiger partial charge in [-0.1, -0.05) is 17.7 Å². The van der Waals surface area contributed by atoms with Crippen molar-refractivity contribution in [1.29, 1.82) is 0 Å². The SMILES string of the molecule is Cc1cc(C)c(CCON)c(O)c1Cl. The van der Waals surface area contributed by atoms with Crippen molar-refractivity contribution in [2.45, 2.75) is 20.3 Å². The molecule has 4 heteroatoms. The number of benzene rings is 1. The Balaban J connectivity index is 3.09. The number of hydrogen-bond donors (Lipinski definition) is 2. The van der Waals surface area contributed by atoms with Gasteiger partial charge in [-0.2, -0.15) is 0 Å². The van der Waals surface area contributed by atoms with Crippen LogP contribution < -0.4 is 5.90 Å². The van der Waals surface area contributed by atoms with E-state index in [2.05, 4.69) is 4.84 Å². The highest BCUT2D eigenvalue weighted by molar-refractivity contribution is 6.32. The fraction of sp³-hybridized carbons (Fsp3) is 0.400. The van der Waals surface area contributed by atoms with E-state index in [4.69, 9.17) is 17.5 Å². The summed E-state index contributed by atoms with van der Waals surface area (Å²) in [6.45, 7) is 4.15. The summed E-state index contributed by atoms with van der Waals surface area (Å²) in [6.07, 6.45) is 0.564. The molecule has 1 aromatic rings. The first-order valence-electron chi connectivity index (χ1n) is 4.37. The molecule has 0 spiro atoms. The van der Waals surface area contributed by atoms with Crippen LogP contribution in [0.5, 0.6) is 5.75 Å². The normalized spacial score (nSPS) is 10.6. The van der Waals surface area contributed by atoms with Crippen molar-refractivity contribution < 1.29 is 9.94 Å². The zero-order valence-electron chi connectivity index (χ0n) is 8.30. The molecule has 0 amide bonds. The largest absolute Gasteiger partial charge is 0.506 e. The number of aromatic hydroxyl groups is 1. The molecule has 0 unspecified atom stereocenters. The van der Waals surface area contributed by atoms with E-state index in [1.807, 2.05) is 19.9 Å². The van der Waals surface area contributed by atoms with E-state index >= 15 is 0 Å². The highest BCUT2D eigenvalue weighted by Gasteiger charge is 2.11. The lowest BCUT2D eigenvalue weighted by Crippen LogP contribution is -2.05. The number of phenols is 1. The lowest BCUT2D eigenvalue weighted by Gasteiger charge is -2.11. The Morgan fingerprint density at radius 1 is 1.43 bits per heavy atom. The molecule has 0 aliphatic heterocycles. The van der Waals surface area contributed by atoms with Gasteiger partial charge in [0.05, 0.1) is 11.6 Å². The molecular weight excluding hydrogens is 202 g/mol. The van der Waals surface area contributed by atoms with Crippen molar-refractivity contribution in [3.8, 4) is 5.75 Å². The van der Waals surface area contributed by atoms with Crippen LogP contribution in [0.25, 0.3) is 0 Å². The number of aryl methyl sites for hydroxylation is 2. The van der Waals surface area contributed by atoms with E-state index in [1.54, 1.807) is 0 Å². The van der Waals surface area contributed by atoms with Crippen molar-refractivity contribution >= 4 is 11.6 Å². The fourth-order valence-electron chi connectivity index (χ4n) is 1.46. The van der Waals surface area contributed by atoms with Crippen LogP contribution in [0, 0.1) is 13.8 Å². The van der Waals surface area contributed by atoms with Gasteiger partial charge in [-0.25, -0.2) is 5.90 Å². The monoisotopic (exact) mass is 215 g/mol. The molecule has 0 saturated heterocycles. The number of nitrogens with two attached hydrogens (primary N) is 1. The molecule has 0 fully saturated rings. The predicted octanol–water partition coefficient (Wildman–Crippen LogP) is 2.10. The molecule has 0 saturated carbocycles. The van der Waals surface area contributed by atoms with E-state index in [1.165, 1.54) is 0 Å². The summed E-state index contributed by atoms with van der Waals surface area (Å²) in [5, 5.41) is 10.2. The number of hydrogen-bond acceptors (Lipinski definition) is 3. The molecular formula is C10H14ClNO2. The van der Waals surface area contributed by atoms with Crippen molar-refractivity contribution in [2.75, 3.05) is 6.61 Å². The summed E-state index contributed by atoms with van der Waals surface area (Å²) in [7, 11) is 0. The van der Waals surface area contributed by atoms with Crippen LogP contribution >= 0.6 is 11.6 Å². The van der Waals surface area contributed by atoms with Gasteiger partial charge in [-0.05, 0) is 25.0 Å². The van der Waals surface area contributed by atoms with Gasteiger partial charge in [0.25, 0.3) is 0 Å². The Bertz CT molecular complexity index is 339. The summed E-state index contributed by atoms with van der Waals surface area (Å²) < 4.78 is 0. The standard InChI is InChI=1S/C10H14ClNO2/c1-6-5-7(2)9(11)10(13)8(6)3-4-14-12/h5,13H,3-4,12H2,1-2H3. The van der Waals surface area contributed by atoms with Crippen LogP contribution in [0.3, 0.4) is 0 Å². The van der Waals surface area contributed by atoms with Crippen molar-refractivity contribution in [3.05, 3.63) is 27.8 Å². The molecule has 0 aliphatic carbocycles. The zero-order chi connectivity index (χ0) is 10.7. The van der Waals surface area contributed by atoms with Crippen LogP contribution in [-0.4, -0.2) is 11.7 Å². The molecule has 0 bridgehead atoms. The quantitative estimate of drug-likeness (QED) is 0.760. The zero-order valence-corrected chi connectivity index (χ0v) is 9.06. The van der Waals surface area contributed by atoms with Gasteiger partial charge < -0.3 is 9.94 Å². The lowest BCUT2D eigenvalue weighted by molar-refractivity contribution is 0.140. The first-order valence-corrected chi connectivity index (χ1v) is 4.75. The average Bonchev–Trinajstić information content (AvgIpc) is 2.14. The van der Waals surface area contributed by atoms with E-state index in [9.17, 15) is 5.11 Å². The predicted molar refractivity (Wildman–Crippen MR) is 56.4 cm³/mol. The maximum absolute atomic E-state index is 9.76. The third kappa shape index (κ3) is 2.18. The van der Waals surface area contributed by atoms with Crippen LogP contribution in [0.15, 0.2) is 6.07 Å². The molecule has 3 nitrogen and oxygen atoms in total.